The van der Waals surface area contributed by atoms with Crippen LogP contribution in [0, 0.1) is 0 Å². The summed E-state index contributed by atoms with van der Waals surface area (Å²) in [6.07, 6.45) is 14.8. The number of aliphatic imine (C=N–C) groups is 1. The van der Waals surface area contributed by atoms with Crippen LogP contribution in [0.15, 0.2) is 4.99 Å². The van der Waals surface area contributed by atoms with E-state index in [4.69, 9.17) is 0 Å². The fraction of sp³-hybridized carbons (Fsp3) is 0.842. The second-order valence-electron chi connectivity index (χ2n) is 6.33. The van der Waals surface area contributed by atoms with E-state index in [1.54, 1.807) is 6.92 Å². The van der Waals surface area contributed by atoms with E-state index in [9.17, 15) is 9.59 Å². The Morgan fingerprint density at radius 2 is 1.09 bits per heavy atom. The molecule has 0 saturated heterocycles. The topological polar surface area (TPSA) is 46.5 Å². The van der Waals surface area contributed by atoms with E-state index in [0.717, 1.165) is 64.3 Å². The van der Waals surface area contributed by atoms with Crippen molar-refractivity contribution in [2.45, 2.75) is 96.8 Å². The Labute approximate surface area is 137 Å². The lowest BCUT2D eigenvalue weighted by Crippen LogP contribution is -1.97. The highest BCUT2D eigenvalue weighted by molar-refractivity contribution is 5.78. The molecule has 0 bridgehead atoms. The predicted octanol–water partition coefficient (Wildman–Crippen LogP) is 5.31. The molecule has 0 aliphatic rings. The molecule has 0 amide bonds. The maximum Gasteiger partial charge on any atom is 0.132 e. The van der Waals surface area contributed by atoms with Gasteiger partial charge in [0.1, 0.15) is 11.6 Å². The third-order valence-electron chi connectivity index (χ3n) is 4.01. The van der Waals surface area contributed by atoms with Crippen LogP contribution in [0.1, 0.15) is 96.8 Å². The fourth-order valence-corrected chi connectivity index (χ4v) is 2.60. The van der Waals surface area contributed by atoms with Crippen LogP contribution in [0.2, 0.25) is 0 Å². The van der Waals surface area contributed by atoms with Gasteiger partial charge in [-0.3, -0.25) is 4.79 Å². The summed E-state index contributed by atoms with van der Waals surface area (Å²) in [5, 5.41) is 0. The van der Waals surface area contributed by atoms with Crippen molar-refractivity contribution in [1.29, 1.82) is 0 Å². The second-order valence-corrected chi connectivity index (χ2v) is 6.33. The number of Topliss-reactive ketones (excluding diaryl/α,β-unsaturated/α-hetero) is 2. The molecule has 0 rings (SSSR count). The van der Waals surface area contributed by atoms with E-state index >= 15 is 0 Å². The van der Waals surface area contributed by atoms with E-state index in [-0.39, 0.29) is 0 Å². The third-order valence-corrected chi connectivity index (χ3v) is 4.01. The number of rotatable bonds is 17. The summed E-state index contributed by atoms with van der Waals surface area (Å²) in [5.41, 5.74) is 0. The molecule has 0 aromatic rings. The van der Waals surface area contributed by atoms with Crippen LogP contribution in [0.25, 0.3) is 0 Å². The van der Waals surface area contributed by atoms with Gasteiger partial charge in [-0.1, -0.05) is 44.9 Å². The Bertz CT molecular complexity index is 300. The molecule has 3 nitrogen and oxygen atoms in total. The van der Waals surface area contributed by atoms with E-state index in [2.05, 4.69) is 11.7 Å². The molecule has 0 aliphatic heterocycles. The van der Waals surface area contributed by atoms with Gasteiger partial charge in [-0.25, -0.2) is 0 Å². The van der Waals surface area contributed by atoms with Crippen LogP contribution in [0.3, 0.4) is 0 Å². The lowest BCUT2D eigenvalue weighted by atomic mass is 10.0. The summed E-state index contributed by atoms with van der Waals surface area (Å²) in [4.78, 5) is 26.3. The summed E-state index contributed by atoms with van der Waals surface area (Å²) < 4.78 is 0. The van der Waals surface area contributed by atoms with E-state index in [0.29, 0.717) is 11.6 Å². The summed E-state index contributed by atoms with van der Waals surface area (Å²) in [6, 6.07) is 0. The van der Waals surface area contributed by atoms with Crippen LogP contribution in [-0.4, -0.2) is 24.8 Å². The first-order chi connectivity index (χ1) is 10.7. The molecule has 128 valence electrons. The number of ketones is 2. The summed E-state index contributed by atoms with van der Waals surface area (Å²) in [7, 11) is 0. The zero-order valence-electron chi connectivity index (χ0n) is 14.6. The number of hydrogen-bond donors (Lipinski definition) is 0. The van der Waals surface area contributed by atoms with Crippen molar-refractivity contribution in [3.8, 4) is 0 Å². The van der Waals surface area contributed by atoms with Crippen molar-refractivity contribution in [1.82, 2.24) is 0 Å². The highest BCUT2D eigenvalue weighted by Crippen LogP contribution is 2.11. The van der Waals surface area contributed by atoms with Gasteiger partial charge in [0.25, 0.3) is 0 Å². The van der Waals surface area contributed by atoms with Gasteiger partial charge >= 0.3 is 0 Å². The summed E-state index contributed by atoms with van der Waals surface area (Å²) >= 11 is 0. The lowest BCUT2D eigenvalue weighted by Gasteiger charge is -2.03. The second kappa shape index (κ2) is 16.4. The number of nitrogens with zero attached hydrogens (tertiary/aromatic N) is 1. The van der Waals surface area contributed by atoms with Gasteiger partial charge < -0.3 is 9.79 Å². The van der Waals surface area contributed by atoms with Gasteiger partial charge in [0.05, 0.1) is 0 Å². The molecule has 3 heteroatoms. The maximum atomic E-state index is 11.7. The van der Waals surface area contributed by atoms with Gasteiger partial charge in [-0.2, -0.15) is 0 Å². The highest BCUT2D eigenvalue weighted by atomic mass is 16.1. The lowest BCUT2D eigenvalue weighted by molar-refractivity contribution is -0.119. The van der Waals surface area contributed by atoms with Crippen molar-refractivity contribution in [3.63, 3.8) is 0 Å². The molecule has 0 aromatic heterocycles. The monoisotopic (exact) mass is 309 g/mol. The average molecular weight is 309 g/mol. The number of carbonyl (C=O) groups excluding carboxylic acids is 2. The molecule has 0 saturated carbocycles. The van der Waals surface area contributed by atoms with Crippen molar-refractivity contribution in [2.24, 2.45) is 4.99 Å². The Morgan fingerprint density at radius 3 is 1.55 bits per heavy atom. The van der Waals surface area contributed by atoms with Crippen LogP contribution >= 0.6 is 0 Å². The standard InChI is InChI=1S/C19H35NO2/c1-18(21)14-10-6-3-4-7-11-15-19(22)16-12-8-5-9-13-17-20-2/h2-17H2,1H3. The van der Waals surface area contributed by atoms with Gasteiger partial charge in [0.2, 0.25) is 0 Å². The zero-order valence-corrected chi connectivity index (χ0v) is 14.6. The molecule has 0 spiro atoms. The maximum absolute atomic E-state index is 11.7. The van der Waals surface area contributed by atoms with Gasteiger partial charge in [0, 0.05) is 25.8 Å². The van der Waals surface area contributed by atoms with Crippen LogP contribution in [-0.2, 0) is 9.59 Å². The van der Waals surface area contributed by atoms with E-state index < -0.39 is 0 Å². The van der Waals surface area contributed by atoms with Gasteiger partial charge in [-0.05, 0) is 39.3 Å². The molecule has 22 heavy (non-hydrogen) atoms. The van der Waals surface area contributed by atoms with Crippen molar-refractivity contribution >= 4 is 18.3 Å². The molecule has 0 aromatic carbocycles. The predicted molar refractivity (Wildman–Crippen MR) is 94.7 cm³/mol. The Balaban J connectivity index is 3.19. The molecule has 0 N–H and O–H groups in total. The van der Waals surface area contributed by atoms with E-state index in [1.165, 1.54) is 32.1 Å². The molecular formula is C19H35NO2. The first-order valence-corrected chi connectivity index (χ1v) is 9.10. The number of unbranched alkanes of at least 4 members (excludes halogenated alkanes) is 9. The quantitative estimate of drug-likeness (QED) is 0.270. The summed E-state index contributed by atoms with van der Waals surface area (Å²) in [5.74, 6) is 0.729. The summed E-state index contributed by atoms with van der Waals surface area (Å²) in [6.45, 7) is 6.00. The minimum Gasteiger partial charge on any atom is -0.301 e. The van der Waals surface area contributed by atoms with Crippen LogP contribution < -0.4 is 0 Å². The zero-order chi connectivity index (χ0) is 16.5. The third kappa shape index (κ3) is 17.1. The molecule has 0 unspecified atom stereocenters. The number of carbonyl (C=O) groups is 2. The molecule has 0 heterocycles. The fourth-order valence-electron chi connectivity index (χ4n) is 2.60. The van der Waals surface area contributed by atoms with Crippen LogP contribution in [0.4, 0.5) is 0 Å². The normalized spacial score (nSPS) is 10.6. The smallest absolute Gasteiger partial charge is 0.132 e. The largest absolute Gasteiger partial charge is 0.301 e. The first kappa shape index (κ1) is 21.0. The Hall–Kier alpha value is -0.990. The Morgan fingerprint density at radius 1 is 0.682 bits per heavy atom. The molecule has 0 aliphatic carbocycles. The van der Waals surface area contributed by atoms with Gasteiger partial charge in [0.15, 0.2) is 0 Å². The first-order valence-electron chi connectivity index (χ1n) is 9.10. The number of hydrogen-bond acceptors (Lipinski definition) is 3. The molecule has 0 atom stereocenters. The average Bonchev–Trinajstić information content (AvgIpc) is 2.48. The minimum absolute atomic E-state index is 0.294. The minimum atomic E-state index is 0.294. The van der Waals surface area contributed by atoms with Crippen molar-refractivity contribution < 1.29 is 9.59 Å². The Kier molecular flexibility index (Phi) is 15.6. The molecular weight excluding hydrogens is 274 g/mol. The molecule has 0 radical (unpaired) electrons. The highest BCUT2D eigenvalue weighted by Gasteiger charge is 2.02. The van der Waals surface area contributed by atoms with E-state index in [1.807, 2.05) is 0 Å². The van der Waals surface area contributed by atoms with Crippen LogP contribution in [0.5, 0.6) is 0 Å². The van der Waals surface area contributed by atoms with Crippen molar-refractivity contribution in [3.05, 3.63) is 0 Å². The molecule has 0 fully saturated rings. The SMILES string of the molecule is C=NCCCCCCCC(=O)CCCCCCCCC(C)=O. The van der Waals surface area contributed by atoms with Gasteiger partial charge in [-0.15, -0.1) is 0 Å². The van der Waals surface area contributed by atoms with Crippen molar-refractivity contribution in [2.75, 3.05) is 6.54 Å².